The molecule has 0 bridgehead atoms. The van der Waals surface area contributed by atoms with E-state index in [0.29, 0.717) is 6.54 Å². The highest BCUT2D eigenvalue weighted by atomic mass is 16.6. The number of carbonyl (C=O) groups excluding carboxylic acids is 1. The SMILES string of the molecule is Cn1cc(CNC(=O)OC(C)(C)C)ccc1=O. The zero-order chi connectivity index (χ0) is 13.1. The molecule has 1 aromatic heterocycles. The van der Waals surface area contributed by atoms with Crippen LogP contribution in [0, 0.1) is 0 Å². The number of hydrogen-bond acceptors (Lipinski definition) is 3. The third kappa shape index (κ3) is 4.72. The van der Waals surface area contributed by atoms with Crippen LogP contribution >= 0.6 is 0 Å². The molecule has 0 saturated carbocycles. The quantitative estimate of drug-likeness (QED) is 0.847. The molecule has 1 aromatic rings. The number of ether oxygens (including phenoxy) is 1. The van der Waals surface area contributed by atoms with Crippen LogP contribution in [0.4, 0.5) is 4.79 Å². The monoisotopic (exact) mass is 238 g/mol. The Morgan fingerprint density at radius 3 is 2.59 bits per heavy atom. The zero-order valence-corrected chi connectivity index (χ0v) is 10.6. The maximum Gasteiger partial charge on any atom is 0.407 e. The van der Waals surface area contributed by atoms with E-state index < -0.39 is 11.7 Å². The van der Waals surface area contributed by atoms with Crippen molar-refractivity contribution in [3.05, 3.63) is 34.2 Å². The predicted octanol–water partition coefficient (Wildman–Crippen LogP) is 1.41. The smallest absolute Gasteiger partial charge is 0.407 e. The predicted molar refractivity (Wildman–Crippen MR) is 64.8 cm³/mol. The number of aryl methyl sites for hydroxylation is 1. The number of hydrogen-bond donors (Lipinski definition) is 1. The number of amides is 1. The second kappa shape index (κ2) is 5.03. The number of aromatic nitrogens is 1. The number of carbonyl (C=O) groups is 1. The van der Waals surface area contributed by atoms with E-state index in [0.717, 1.165) is 5.56 Å². The fourth-order valence-corrected chi connectivity index (χ4v) is 1.24. The van der Waals surface area contributed by atoms with Crippen LogP contribution in [0.15, 0.2) is 23.1 Å². The molecule has 1 rings (SSSR count). The first kappa shape index (κ1) is 13.3. The lowest BCUT2D eigenvalue weighted by atomic mass is 10.2. The van der Waals surface area contributed by atoms with Crippen molar-refractivity contribution in [2.24, 2.45) is 7.05 Å². The molecular weight excluding hydrogens is 220 g/mol. The van der Waals surface area contributed by atoms with E-state index in [1.807, 2.05) is 0 Å². The minimum absolute atomic E-state index is 0.0778. The Morgan fingerprint density at radius 1 is 1.41 bits per heavy atom. The molecule has 0 aliphatic rings. The van der Waals surface area contributed by atoms with Gasteiger partial charge in [0.1, 0.15) is 5.60 Å². The average molecular weight is 238 g/mol. The van der Waals surface area contributed by atoms with E-state index >= 15 is 0 Å². The summed E-state index contributed by atoms with van der Waals surface area (Å²) >= 11 is 0. The van der Waals surface area contributed by atoms with Crippen molar-refractivity contribution in [1.82, 2.24) is 9.88 Å². The molecule has 5 nitrogen and oxygen atoms in total. The molecule has 17 heavy (non-hydrogen) atoms. The number of alkyl carbamates (subject to hydrolysis) is 1. The summed E-state index contributed by atoms with van der Waals surface area (Å²) in [6, 6.07) is 3.14. The number of rotatable bonds is 2. The fourth-order valence-electron chi connectivity index (χ4n) is 1.24. The first-order valence-electron chi connectivity index (χ1n) is 5.40. The fraction of sp³-hybridized carbons (Fsp3) is 0.500. The summed E-state index contributed by atoms with van der Waals surface area (Å²) in [6.07, 6.45) is 1.21. The van der Waals surface area contributed by atoms with Crippen LogP contribution in [-0.2, 0) is 18.3 Å². The molecule has 1 heterocycles. The molecular formula is C12H18N2O3. The summed E-state index contributed by atoms with van der Waals surface area (Å²) in [7, 11) is 1.67. The summed E-state index contributed by atoms with van der Waals surface area (Å²) in [5.41, 5.74) is 0.261. The first-order valence-corrected chi connectivity index (χ1v) is 5.40. The van der Waals surface area contributed by atoms with Crippen LogP contribution in [0.25, 0.3) is 0 Å². The highest BCUT2D eigenvalue weighted by Crippen LogP contribution is 2.06. The molecule has 0 aliphatic heterocycles. The molecule has 1 N–H and O–H groups in total. The van der Waals surface area contributed by atoms with Crippen LogP contribution in [0.1, 0.15) is 26.3 Å². The molecule has 1 amide bonds. The van der Waals surface area contributed by atoms with Gasteiger partial charge in [-0.2, -0.15) is 0 Å². The molecule has 0 aromatic carbocycles. The minimum Gasteiger partial charge on any atom is -0.444 e. The average Bonchev–Trinajstić information content (AvgIpc) is 2.17. The molecule has 0 radical (unpaired) electrons. The summed E-state index contributed by atoms with van der Waals surface area (Å²) in [4.78, 5) is 22.5. The minimum atomic E-state index is -0.506. The van der Waals surface area contributed by atoms with E-state index in [-0.39, 0.29) is 5.56 Å². The van der Waals surface area contributed by atoms with E-state index in [9.17, 15) is 9.59 Å². The third-order valence-electron chi connectivity index (χ3n) is 1.98. The van der Waals surface area contributed by atoms with Gasteiger partial charge >= 0.3 is 6.09 Å². The van der Waals surface area contributed by atoms with Gasteiger partial charge in [-0.15, -0.1) is 0 Å². The largest absolute Gasteiger partial charge is 0.444 e. The van der Waals surface area contributed by atoms with E-state index in [4.69, 9.17) is 4.74 Å². The summed E-state index contributed by atoms with van der Waals surface area (Å²) in [5, 5.41) is 2.63. The van der Waals surface area contributed by atoms with E-state index in [2.05, 4.69) is 5.32 Å². The van der Waals surface area contributed by atoms with Crippen LogP contribution in [0.2, 0.25) is 0 Å². The lowest BCUT2D eigenvalue weighted by Gasteiger charge is -2.19. The molecule has 0 fully saturated rings. The van der Waals surface area contributed by atoms with Crippen molar-refractivity contribution < 1.29 is 9.53 Å². The molecule has 0 aliphatic carbocycles. The molecule has 0 atom stereocenters. The second-order valence-corrected chi connectivity index (χ2v) is 4.84. The Hall–Kier alpha value is -1.78. The highest BCUT2D eigenvalue weighted by Gasteiger charge is 2.15. The van der Waals surface area contributed by atoms with Gasteiger partial charge in [-0.3, -0.25) is 4.79 Å². The standard InChI is InChI=1S/C12H18N2O3/c1-12(2,3)17-11(16)13-7-9-5-6-10(15)14(4)8-9/h5-6,8H,7H2,1-4H3,(H,13,16). The normalized spacial score (nSPS) is 11.1. The summed E-state index contributed by atoms with van der Waals surface area (Å²) in [6.45, 7) is 5.75. The molecule has 0 saturated heterocycles. The van der Waals surface area contributed by atoms with Gasteiger partial charge < -0.3 is 14.6 Å². The van der Waals surface area contributed by atoms with Gasteiger partial charge in [0.15, 0.2) is 0 Å². The van der Waals surface area contributed by atoms with Crippen LogP contribution in [-0.4, -0.2) is 16.3 Å². The second-order valence-electron chi connectivity index (χ2n) is 4.84. The van der Waals surface area contributed by atoms with Crippen molar-refractivity contribution in [2.45, 2.75) is 32.9 Å². The lowest BCUT2D eigenvalue weighted by Crippen LogP contribution is -2.32. The van der Waals surface area contributed by atoms with E-state index in [1.165, 1.54) is 10.6 Å². The Bertz CT molecular complexity index is 458. The van der Waals surface area contributed by atoms with E-state index in [1.54, 1.807) is 40.1 Å². The van der Waals surface area contributed by atoms with Crippen molar-refractivity contribution >= 4 is 6.09 Å². The Balaban J connectivity index is 2.53. The molecule has 0 spiro atoms. The summed E-state index contributed by atoms with van der Waals surface area (Å²) in [5.74, 6) is 0. The summed E-state index contributed by atoms with van der Waals surface area (Å²) < 4.78 is 6.56. The van der Waals surface area contributed by atoms with Gasteiger partial charge in [0.25, 0.3) is 0 Å². The van der Waals surface area contributed by atoms with Gasteiger partial charge in [-0.25, -0.2) is 4.79 Å². The Kier molecular flexibility index (Phi) is 3.93. The molecule has 5 heteroatoms. The maximum absolute atomic E-state index is 11.4. The Labute approximate surface area is 100 Å². The van der Waals surface area contributed by atoms with Crippen molar-refractivity contribution in [3.8, 4) is 0 Å². The van der Waals surface area contributed by atoms with Crippen LogP contribution in [0.5, 0.6) is 0 Å². The van der Waals surface area contributed by atoms with Gasteiger partial charge in [-0.05, 0) is 26.3 Å². The van der Waals surface area contributed by atoms with Crippen LogP contribution < -0.4 is 10.9 Å². The van der Waals surface area contributed by atoms with Gasteiger partial charge in [0.2, 0.25) is 5.56 Å². The maximum atomic E-state index is 11.4. The first-order chi connectivity index (χ1) is 7.78. The topological polar surface area (TPSA) is 60.3 Å². The number of pyridine rings is 1. The van der Waals surface area contributed by atoms with Crippen molar-refractivity contribution in [2.75, 3.05) is 0 Å². The van der Waals surface area contributed by atoms with Gasteiger partial charge in [-0.1, -0.05) is 6.07 Å². The number of nitrogens with one attached hydrogen (secondary N) is 1. The van der Waals surface area contributed by atoms with Crippen molar-refractivity contribution in [1.29, 1.82) is 0 Å². The van der Waals surface area contributed by atoms with Gasteiger partial charge in [0.05, 0.1) is 0 Å². The van der Waals surface area contributed by atoms with Crippen molar-refractivity contribution in [3.63, 3.8) is 0 Å². The Morgan fingerprint density at radius 2 is 2.06 bits per heavy atom. The highest BCUT2D eigenvalue weighted by molar-refractivity contribution is 5.67. The zero-order valence-electron chi connectivity index (χ0n) is 10.6. The number of nitrogens with zero attached hydrogens (tertiary/aromatic N) is 1. The lowest BCUT2D eigenvalue weighted by molar-refractivity contribution is 0.0523. The molecule has 0 unspecified atom stereocenters. The third-order valence-corrected chi connectivity index (χ3v) is 1.98. The van der Waals surface area contributed by atoms with Gasteiger partial charge in [0, 0.05) is 25.9 Å². The van der Waals surface area contributed by atoms with Crippen LogP contribution in [0.3, 0.4) is 0 Å². The molecule has 94 valence electrons.